The summed E-state index contributed by atoms with van der Waals surface area (Å²) in [7, 11) is 0. The summed E-state index contributed by atoms with van der Waals surface area (Å²) in [5, 5.41) is 13.9. The molecule has 1 saturated heterocycles. The van der Waals surface area contributed by atoms with Crippen LogP contribution in [0.4, 0.5) is 11.6 Å². The molecule has 1 fully saturated rings. The van der Waals surface area contributed by atoms with Crippen LogP contribution in [0.3, 0.4) is 0 Å². The van der Waals surface area contributed by atoms with Gasteiger partial charge in [0.25, 0.3) is 0 Å². The number of aromatic amines is 1. The molecule has 1 aliphatic heterocycles. The maximum Gasteiger partial charge on any atom is 0.237 e. The first kappa shape index (κ1) is 16.7. The number of hydrogen-bond donors (Lipinski definition) is 3. The minimum Gasteiger partial charge on any atom is -0.473 e. The number of aromatic nitrogens is 4. The molecule has 0 aliphatic carbocycles. The van der Waals surface area contributed by atoms with Crippen LogP contribution in [-0.2, 0) is 0 Å². The second-order valence-electron chi connectivity index (χ2n) is 6.60. The lowest BCUT2D eigenvalue weighted by atomic mass is 10.1. The van der Waals surface area contributed by atoms with Gasteiger partial charge in [-0.25, -0.2) is 4.98 Å². The first-order valence-corrected chi connectivity index (χ1v) is 8.58. The molecule has 2 aromatic heterocycles. The lowest BCUT2D eigenvalue weighted by Gasteiger charge is -2.24. The molecule has 0 spiro atoms. The standard InChI is InChI=1S/C17H26N6O/c1-10(2)14-9-15(23-22-14)20-16-11(3)19-12(4)17(21-16)24-13-5-7-18-8-6-13/h9-10,13,18H,5-8H2,1-4H3,(H2,20,21,22,23). The summed E-state index contributed by atoms with van der Waals surface area (Å²) >= 11 is 0. The fraction of sp³-hybridized carbons (Fsp3) is 0.588. The van der Waals surface area contributed by atoms with Crippen molar-refractivity contribution in [1.29, 1.82) is 0 Å². The highest BCUT2D eigenvalue weighted by Crippen LogP contribution is 2.24. The fourth-order valence-electron chi connectivity index (χ4n) is 2.73. The van der Waals surface area contributed by atoms with E-state index in [4.69, 9.17) is 4.74 Å². The third-order valence-corrected chi connectivity index (χ3v) is 4.23. The van der Waals surface area contributed by atoms with E-state index in [0.717, 1.165) is 48.8 Å². The van der Waals surface area contributed by atoms with Crippen LogP contribution < -0.4 is 15.4 Å². The van der Waals surface area contributed by atoms with Crippen molar-refractivity contribution in [3.05, 3.63) is 23.1 Å². The molecule has 3 N–H and O–H groups in total. The van der Waals surface area contributed by atoms with E-state index in [-0.39, 0.29) is 6.10 Å². The second kappa shape index (κ2) is 7.17. The average molecular weight is 330 g/mol. The molecule has 1 aliphatic rings. The van der Waals surface area contributed by atoms with Gasteiger partial charge in [-0.1, -0.05) is 13.8 Å². The number of nitrogens with one attached hydrogen (secondary N) is 3. The van der Waals surface area contributed by atoms with E-state index < -0.39 is 0 Å². The summed E-state index contributed by atoms with van der Waals surface area (Å²) in [4.78, 5) is 9.22. The van der Waals surface area contributed by atoms with Crippen molar-refractivity contribution >= 4 is 11.6 Å². The van der Waals surface area contributed by atoms with Crippen LogP contribution in [0.25, 0.3) is 0 Å². The Bertz CT molecular complexity index is 690. The number of hydrogen-bond acceptors (Lipinski definition) is 6. The van der Waals surface area contributed by atoms with Gasteiger partial charge in [0.1, 0.15) is 6.10 Å². The number of aryl methyl sites for hydroxylation is 2. The van der Waals surface area contributed by atoms with Gasteiger partial charge >= 0.3 is 0 Å². The van der Waals surface area contributed by atoms with E-state index in [1.165, 1.54) is 0 Å². The Labute approximate surface area is 142 Å². The summed E-state index contributed by atoms with van der Waals surface area (Å²) in [6.45, 7) is 10.1. The number of nitrogens with zero attached hydrogens (tertiary/aromatic N) is 3. The maximum atomic E-state index is 6.08. The topological polar surface area (TPSA) is 87.8 Å². The summed E-state index contributed by atoms with van der Waals surface area (Å²) < 4.78 is 6.08. The molecule has 2 aromatic rings. The fourth-order valence-corrected chi connectivity index (χ4v) is 2.73. The maximum absolute atomic E-state index is 6.08. The molecule has 0 amide bonds. The summed E-state index contributed by atoms with van der Waals surface area (Å²) in [5.41, 5.74) is 2.74. The number of piperidine rings is 1. The molecule has 24 heavy (non-hydrogen) atoms. The van der Waals surface area contributed by atoms with E-state index in [0.29, 0.717) is 17.6 Å². The third-order valence-electron chi connectivity index (χ3n) is 4.23. The third kappa shape index (κ3) is 3.84. The van der Waals surface area contributed by atoms with Gasteiger partial charge in [-0.2, -0.15) is 10.1 Å². The summed E-state index contributed by atoms with van der Waals surface area (Å²) in [6.07, 6.45) is 2.19. The minimum absolute atomic E-state index is 0.202. The molecular formula is C17H26N6O. The molecule has 7 nitrogen and oxygen atoms in total. The molecule has 0 aromatic carbocycles. The molecule has 0 atom stereocenters. The SMILES string of the molecule is Cc1nc(C)c(OC2CCNCC2)nc1Nc1cc(C(C)C)[nH]n1. The summed E-state index contributed by atoms with van der Waals surface area (Å²) in [5.74, 6) is 2.44. The lowest BCUT2D eigenvalue weighted by molar-refractivity contribution is 0.154. The van der Waals surface area contributed by atoms with Gasteiger partial charge in [0.2, 0.25) is 5.88 Å². The van der Waals surface area contributed by atoms with Crippen LogP contribution in [0.15, 0.2) is 6.07 Å². The smallest absolute Gasteiger partial charge is 0.237 e. The highest BCUT2D eigenvalue weighted by Gasteiger charge is 2.18. The van der Waals surface area contributed by atoms with Crippen molar-refractivity contribution in [2.75, 3.05) is 18.4 Å². The van der Waals surface area contributed by atoms with Gasteiger partial charge in [-0.05, 0) is 45.7 Å². The molecule has 0 unspecified atom stereocenters. The quantitative estimate of drug-likeness (QED) is 0.781. The molecule has 3 heterocycles. The molecule has 7 heteroatoms. The Morgan fingerprint density at radius 1 is 1.17 bits per heavy atom. The van der Waals surface area contributed by atoms with Gasteiger partial charge in [0.15, 0.2) is 11.6 Å². The van der Waals surface area contributed by atoms with Gasteiger partial charge in [0, 0.05) is 11.8 Å². The average Bonchev–Trinajstić information content (AvgIpc) is 3.02. The minimum atomic E-state index is 0.202. The van der Waals surface area contributed by atoms with Crippen LogP contribution in [0.1, 0.15) is 49.7 Å². The Hall–Kier alpha value is -2.15. The Balaban J connectivity index is 1.77. The Morgan fingerprint density at radius 2 is 1.92 bits per heavy atom. The van der Waals surface area contributed by atoms with E-state index in [9.17, 15) is 0 Å². The zero-order valence-electron chi connectivity index (χ0n) is 14.8. The van der Waals surface area contributed by atoms with Crippen LogP contribution in [0, 0.1) is 13.8 Å². The van der Waals surface area contributed by atoms with Crippen molar-refractivity contribution in [2.24, 2.45) is 0 Å². The number of anilines is 2. The first-order chi connectivity index (χ1) is 11.5. The summed E-state index contributed by atoms with van der Waals surface area (Å²) in [6, 6.07) is 2.00. The van der Waals surface area contributed by atoms with Gasteiger partial charge in [-0.15, -0.1) is 0 Å². The second-order valence-corrected chi connectivity index (χ2v) is 6.60. The highest BCUT2D eigenvalue weighted by molar-refractivity contribution is 5.55. The van der Waals surface area contributed by atoms with Crippen molar-refractivity contribution in [3.63, 3.8) is 0 Å². The molecule has 0 saturated carbocycles. The van der Waals surface area contributed by atoms with Crippen molar-refractivity contribution in [1.82, 2.24) is 25.5 Å². The van der Waals surface area contributed by atoms with Crippen LogP contribution in [0.5, 0.6) is 5.88 Å². The number of H-pyrrole nitrogens is 1. The molecular weight excluding hydrogens is 304 g/mol. The molecule has 0 bridgehead atoms. The zero-order valence-corrected chi connectivity index (χ0v) is 14.8. The van der Waals surface area contributed by atoms with Crippen LogP contribution in [-0.4, -0.2) is 39.4 Å². The Kier molecular flexibility index (Phi) is 4.99. The Morgan fingerprint density at radius 3 is 2.58 bits per heavy atom. The molecule has 3 rings (SSSR count). The van der Waals surface area contributed by atoms with Gasteiger partial charge in [0.05, 0.1) is 11.4 Å². The van der Waals surface area contributed by atoms with Crippen molar-refractivity contribution in [3.8, 4) is 5.88 Å². The van der Waals surface area contributed by atoms with Crippen molar-refractivity contribution in [2.45, 2.75) is 52.6 Å². The van der Waals surface area contributed by atoms with E-state index >= 15 is 0 Å². The zero-order chi connectivity index (χ0) is 17.1. The van der Waals surface area contributed by atoms with E-state index in [2.05, 4.69) is 44.6 Å². The normalized spacial score (nSPS) is 15.7. The molecule has 0 radical (unpaired) electrons. The first-order valence-electron chi connectivity index (χ1n) is 8.58. The predicted molar refractivity (Wildman–Crippen MR) is 94.0 cm³/mol. The highest BCUT2D eigenvalue weighted by atomic mass is 16.5. The van der Waals surface area contributed by atoms with Gasteiger partial charge in [-0.3, -0.25) is 5.10 Å². The monoisotopic (exact) mass is 330 g/mol. The number of ether oxygens (including phenoxy) is 1. The largest absolute Gasteiger partial charge is 0.473 e. The molecule has 130 valence electrons. The van der Waals surface area contributed by atoms with Crippen LogP contribution >= 0.6 is 0 Å². The lowest BCUT2D eigenvalue weighted by Crippen LogP contribution is -2.34. The van der Waals surface area contributed by atoms with Gasteiger partial charge < -0.3 is 15.4 Å². The van der Waals surface area contributed by atoms with Crippen LogP contribution in [0.2, 0.25) is 0 Å². The van der Waals surface area contributed by atoms with E-state index in [1.54, 1.807) is 0 Å². The van der Waals surface area contributed by atoms with E-state index in [1.807, 2.05) is 19.9 Å². The number of rotatable bonds is 5. The predicted octanol–water partition coefficient (Wildman–Crippen LogP) is 2.81. The van der Waals surface area contributed by atoms with Crippen molar-refractivity contribution < 1.29 is 4.74 Å².